The summed E-state index contributed by atoms with van der Waals surface area (Å²) in [5, 5.41) is 13.4. The first kappa shape index (κ1) is 38.7. The Morgan fingerprint density at radius 1 is 1.07 bits per heavy atom. The molecule has 0 radical (unpaired) electrons. The van der Waals surface area contributed by atoms with Gasteiger partial charge in [-0.25, -0.2) is 23.4 Å². The highest BCUT2D eigenvalue weighted by Crippen LogP contribution is 2.47. The number of ether oxygens (including phenoxy) is 3. The average Bonchev–Trinajstić information content (AvgIpc) is 3.40. The maximum absolute atomic E-state index is 17.3. The van der Waals surface area contributed by atoms with E-state index < -0.39 is 40.6 Å². The quantitative estimate of drug-likeness (QED) is 0.219. The fourth-order valence-corrected chi connectivity index (χ4v) is 8.40. The molecular formula is C38H43ClF2N8O5S. The molecular weight excluding hydrogens is 754 g/mol. The molecule has 2 aromatic heterocycles. The second-order valence-corrected chi connectivity index (χ2v) is 17.9. The first-order valence-corrected chi connectivity index (χ1v) is 19.1. The summed E-state index contributed by atoms with van der Waals surface area (Å²) in [6, 6.07) is 6.47. The lowest BCUT2D eigenvalue weighted by atomic mass is 9.92. The zero-order valence-corrected chi connectivity index (χ0v) is 33.5. The molecule has 17 heteroatoms. The number of aromatic nitrogens is 2. The minimum absolute atomic E-state index is 0.00412. The molecule has 55 heavy (non-hydrogen) atoms. The van der Waals surface area contributed by atoms with E-state index in [4.69, 9.17) is 35.8 Å². The van der Waals surface area contributed by atoms with Crippen molar-refractivity contribution >= 4 is 72.9 Å². The fourth-order valence-electron chi connectivity index (χ4n) is 7.04. The molecule has 3 fully saturated rings. The van der Waals surface area contributed by atoms with Gasteiger partial charge in [-0.1, -0.05) is 17.7 Å². The van der Waals surface area contributed by atoms with Gasteiger partial charge in [-0.15, -0.1) is 11.3 Å². The van der Waals surface area contributed by atoms with E-state index in [0.29, 0.717) is 63.0 Å². The number of anilines is 3. The van der Waals surface area contributed by atoms with E-state index in [1.165, 1.54) is 12.1 Å². The van der Waals surface area contributed by atoms with Crippen LogP contribution in [0.3, 0.4) is 0 Å². The predicted molar refractivity (Wildman–Crippen MR) is 208 cm³/mol. The summed E-state index contributed by atoms with van der Waals surface area (Å²) < 4.78 is 49.9. The molecule has 4 aromatic rings. The van der Waals surface area contributed by atoms with Crippen LogP contribution in [0, 0.1) is 23.0 Å². The third-order valence-electron chi connectivity index (χ3n) is 9.67. The summed E-state index contributed by atoms with van der Waals surface area (Å²) in [4.78, 5) is 42.9. The van der Waals surface area contributed by atoms with Crippen LogP contribution in [0.15, 0.2) is 18.2 Å². The highest BCUT2D eigenvalue weighted by atomic mass is 35.5. The van der Waals surface area contributed by atoms with Crippen molar-refractivity contribution in [3.8, 4) is 17.2 Å². The van der Waals surface area contributed by atoms with Crippen molar-refractivity contribution in [2.75, 3.05) is 75.1 Å². The zero-order chi connectivity index (χ0) is 39.8. The summed E-state index contributed by atoms with van der Waals surface area (Å²) >= 11 is 7.82. The fraction of sp³-hybridized carbons (Fsp3) is 0.500. The van der Waals surface area contributed by atoms with Crippen LogP contribution in [-0.4, -0.2) is 115 Å². The summed E-state index contributed by atoms with van der Waals surface area (Å²) in [6.45, 7) is 13.6. The monoisotopic (exact) mass is 796 g/mol. The topological polar surface area (TPSA) is 136 Å². The molecule has 292 valence electrons. The molecule has 13 nitrogen and oxygen atoms in total. The van der Waals surface area contributed by atoms with Gasteiger partial charge in [-0.3, -0.25) is 5.32 Å². The number of amides is 2. The van der Waals surface area contributed by atoms with Crippen LogP contribution < -0.4 is 15.1 Å². The number of carbonyl (C=O) groups excluding carboxylic acids is 2. The van der Waals surface area contributed by atoms with Crippen LogP contribution in [0.4, 0.5) is 35.1 Å². The Bertz CT molecular complexity index is 2250. The first-order chi connectivity index (χ1) is 25.8. The van der Waals surface area contributed by atoms with Crippen molar-refractivity contribution in [2.45, 2.75) is 64.4 Å². The Morgan fingerprint density at radius 2 is 1.76 bits per heavy atom. The molecule has 0 saturated carbocycles. The highest BCUT2D eigenvalue weighted by Gasteiger charge is 2.51. The number of nitrogens with zero attached hydrogens (tertiary/aromatic N) is 7. The molecule has 7 rings (SSSR count). The number of hydrogen-bond acceptors (Lipinski definition) is 12. The minimum Gasteiger partial charge on any atom is -0.444 e. The number of fused-ring (bicyclic) bond motifs is 2. The molecule has 3 aliphatic heterocycles. The van der Waals surface area contributed by atoms with Crippen LogP contribution >= 0.6 is 22.9 Å². The highest BCUT2D eigenvalue weighted by molar-refractivity contribution is 7.23. The maximum Gasteiger partial charge on any atom is 0.412 e. The molecule has 2 aromatic carbocycles. The van der Waals surface area contributed by atoms with Gasteiger partial charge in [0.2, 0.25) is 5.95 Å². The Kier molecular flexibility index (Phi) is 9.76. The molecule has 5 heterocycles. The van der Waals surface area contributed by atoms with Gasteiger partial charge in [0.15, 0.2) is 5.82 Å². The van der Waals surface area contributed by atoms with Crippen LogP contribution in [0.2, 0.25) is 5.02 Å². The van der Waals surface area contributed by atoms with Crippen LogP contribution in [0.25, 0.3) is 32.1 Å². The number of halogens is 3. The van der Waals surface area contributed by atoms with Crippen molar-refractivity contribution in [2.24, 2.45) is 0 Å². The van der Waals surface area contributed by atoms with Gasteiger partial charge in [0.1, 0.15) is 45.0 Å². The normalized spacial score (nSPS) is 17.4. The average molecular weight is 797 g/mol. The zero-order valence-electron chi connectivity index (χ0n) is 32.0. The number of rotatable bonds is 5. The summed E-state index contributed by atoms with van der Waals surface area (Å²) in [6.07, 6.45) is -1.24. The second kappa shape index (κ2) is 13.9. The second-order valence-electron chi connectivity index (χ2n) is 16.4. The van der Waals surface area contributed by atoms with E-state index in [1.807, 2.05) is 44.7 Å². The number of likely N-dealkylation sites (tertiary alicyclic amines) is 1. The Hall–Kier alpha value is -4.56. The van der Waals surface area contributed by atoms with Crippen molar-refractivity contribution < 1.29 is 32.6 Å². The number of nitrogens with one attached hydrogen (secondary N) is 1. The molecule has 0 bridgehead atoms. The van der Waals surface area contributed by atoms with Gasteiger partial charge in [0.05, 0.1) is 41.5 Å². The lowest BCUT2D eigenvalue weighted by Crippen LogP contribution is -2.71. The van der Waals surface area contributed by atoms with E-state index in [2.05, 4.69) is 16.3 Å². The standard InChI is InChI=1S/C38H43ClF2N8O5S/c1-36(2,3)53-34(50)45-32-23(14-42)26-21(9-10-25(40)30(26)55-32)27-24(39)13-22-29(28(27)41)43-33(48-15-20(16-48)46(7)8)44-31(22)47-11-12-52-38(17-47)18-49(19-38)35(51)54-37(4,5)6/h9-10,13,20H,11-12,15-19H2,1-8H3,(H,45,50). The maximum atomic E-state index is 17.3. The van der Waals surface area contributed by atoms with E-state index in [0.717, 1.165) is 11.3 Å². The minimum atomic E-state index is -0.825. The smallest absolute Gasteiger partial charge is 0.412 e. The van der Waals surface area contributed by atoms with E-state index in [9.17, 15) is 14.9 Å². The predicted octanol–water partition coefficient (Wildman–Crippen LogP) is 7.24. The van der Waals surface area contributed by atoms with Gasteiger partial charge in [-0.05, 0) is 73.3 Å². The Labute approximate surface area is 326 Å². The molecule has 0 unspecified atom stereocenters. The van der Waals surface area contributed by atoms with Gasteiger partial charge in [0, 0.05) is 42.0 Å². The number of nitriles is 1. The number of hydrogen-bond donors (Lipinski definition) is 1. The molecule has 1 spiro atoms. The van der Waals surface area contributed by atoms with Gasteiger partial charge >= 0.3 is 12.2 Å². The van der Waals surface area contributed by atoms with Gasteiger partial charge in [-0.2, -0.15) is 10.2 Å². The van der Waals surface area contributed by atoms with Gasteiger partial charge in [0.25, 0.3) is 0 Å². The van der Waals surface area contributed by atoms with Crippen molar-refractivity contribution in [3.63, 3.8) is 0 Å². The van der Waals surface area contributed by atoms with Crippen LogP contribution in [-0.2, 0) is 14.2 Å². The molecule has 3 saturated heterocycles. The number of morpholine rings is 1. The number of carbonyl (C=O) groups is 2. The molecule has 2 amide bonds. The van der Waals surface area contributed by atoms with Crippen LogP contribution in [0.1, 0.15) is 47.1 Å². The van der Waals surface area contributed by atoms with E-state index in [1.54, 1.807) is 31.7 Å². The molecule has 0 aliphatic carbocycles. The SMILES string of the molecule is CN(C)C1CN(c2nc(N3CCOC4(CN(C(=O)OC(C)(C)C)C4)C3)c3cc(Cl)c(-c4ccc(F)c5sc(NC(=O)OC(C)(C)C)c(C#N)c45)c(F)c3n2)C1. The lowest BCUT2D eigenvalue weighted by Gasteiger charge is -2.53. The third kappa shape index (κ3) is 7.42. The van der Waals surface area contributed by atoms with Crippen LogP contribution in [0.5, 0.6) is 0 Å². The molecule has 3 aliphatic rings. The Morgan fingerprint density at radius 3 is 2.40 bits per heavy atom. The summed E-state index contributed by atoms with van der Waals surface area (Å²) in [5.41, 5.74) is -2.13. The first-order valence-electron chi connectivity index (χ1n) is 17.9. The van der Waals surface area contributed by atoms with Crippen molar-refractivity contribution in [3.05, 3.63) is 40.4 Å². The summed E-state index contributed by atoms with van der Waals surface area (Å²) in [5.74, 6) is -0.638. The number of benzene rings is 2. The Balaban J connectivity index is 1.32. The lowest BCUT2D eigenvalue weighted by molar-refractivity contribution is -0.144. The largest absolute Gasteiger partial charge is 0.444 e. The summed E-state index contributed by atoms with van der Waals surface area (Å²) in [7, 11) is 3.99. The van der Waals surface area contributed by atoms with E-state index in [-0.39, 0.29) is 48.4 Å². The number of thiophene rings is 1. The molecule has 0 atom stereocenters. The van der Waals surface area contributed by atoms with Crippen molar-refractivity contribution in [1.82, 2.24) is 19.8 Å². The number of likely N-dealkylation sites (N-methyl/N-ethyl adjacent to an activating group) is 1. The van der Waals surface area contributed by atoms with Gasteiger partial charge < -0.3 is 33.8 Å². The van der Waals surface area contributed by atoms with E-state index >= 15 is 8.78 Å². The van der Waals surface area contributed by atoms with Crippen molar-refractivity contribution in [1.29, 1.82) is 5.26 Å². The third-order valence-corrected chi connectivity index (χ3v) is 11.1. The molecule has 1 N–H and O–H groups in total.